The van der Waals surface area contributed by atoms with Gasteiger partial charge in [-0.2, -0.15) is 0 Å². The van der Waals surface area contributed by atoms with Gasteiger partial charge in [0.2, 0.25) is 5.91 Å². The van der Waals surface area contributed by atoms with Crippen molar-refractivity contribution < 1.29 is 10.0 Å². The molecule has 18 heavy (non-hydrogen) atoms. The predicted molar refractivity (Wildman–Crippen MR) is 71.1 cm³/mol. The van der Waals surface area contributed by atoms with Crippen LogP contribution in [0.5, 0.6) is 0 Å². The van der Waals surface area contributed by atoms with Crippen molar-refractivity contribution in [3.8, 4) is 0 Å². The fourth-order valence-electron chi connectivity index (χ4n) is 1.81. The van der Waals surface area contributed by atoms with Crippen LogP contribution in [0, 0.1) is 5.41 Å². The van der Waals surface area contributed by atoms with Crippen LogP contribution in [0.15, 0.2) is 33.9 Å². The van der Waals surface area contributed by atoms with E-state index in [9.17, 15) is 4.79 Å². The van der Waals surface area contributed by atoms with Gasteiger partial charge in [0.15, 0.2) is 5.84 Å². The van der Waals surface area contributed by atoms with Crippen LogP contribution in [0.3, 0.4) is 0 Å². The van der Waals surface area contributed by atoms with E-state index in [-0.39, 0.29) is 11.7 Å². The first-order chi connectivity index (χ1) is 8.60. The average Bonchev–Trinajstić information content (AvgIpc) is 3.18. The minimum absolute atomic E-state index is 0.00729. The van der Waals surface area contributed by atoms with Gasteiger partial charge in [-0.25, -0.2) is 0 Å². The molecule has 0 unspecified atom stereocenters. The summed E-state index contributed by atoms with van der Waals surface area (Å²) < 4.78 is 0.943. The summed E-state index contributed by atoms with van der Waals surface area (Å²) in [5.74, 6) is -0.194. The fourth-order valence-corrected chi connectivity index (χ4v) is 2.23. The number of oxime groups is 1. The zero-order chi connectivity index (χ0) is 13.2. The second kappa shape index (κ2) is 4.97. The molecule has 2 rings (SSSR count). The molecular weight excluding hydrogens is 298 g/mol. The molecule has 1 fully saturated rings. The maximum absolute atomic E-state index is 12.0. The Bertz CT molecular complexity index is 498. The van der Waals surface area contributed by atoms with Crippen molar-refractivity contribution in [2.75, 3.05) is 0 Å². The van der Waals surface area contributed by atoms with Crippen molar-refractivity contribution >= 4 is 27.7 Å². The highest BCUT2D eigenvalue weighted by Crippen LogP contribution is 2.46. The quantitative estimate of drug-likeness (QED) is 0.341. The lowest BCUT2D eigenvalue weighted by Crippen LogP contribution is -2.40. The van der Waals surface area contributed by atoms with Gasteiger partial charge in [-0.3, -0.25) is 4.79 Å². The maximum Gasteiger partial charge on any atom is 0.234 e. The average molecular weight is 312 g/mol. The van der Waals surface area contributed by atoms with Crippen molar-refractivity contribution in [1.82, 2.24) is 5.32 Å². The van der Waals surface area contributed by atoms with Gasteiger partial charge in [-0.15, -0.1) is 0 Å². The first-order valence-electron chi connectivity index (χ1n) is 5.60. The number of hydrogen-bond donors (Lipinski definition) is 3. The zero-order valence-corrected chi connectivity index (χ0v) is 11.3. The highest BCUT2D eigenvalue weighted by Gasteiger charge is 2.54. The van der Waals surface area contributed by atoms with Gasteiger partial charge in [-0.05, 0) is 24.5 Å². The molecule has 6 heteroatoms. The number of nitrogens with two attached hydrogens (primary N) is 1. The Hall–Kier alpha value is -1.56. The minimum Gasteiger partial charge on any atom is -0.409 e. The third-order valence-corrected chi connectivity index (χ3v) is 3.95. The number of amidine groups is 1. The normalized spacial score (nSPS) is 17.3. The van der Waals surface area contributed by atoms with Crippen molar-refractivity contribution in [3.63, 3.8) is 0 Å². The Morgan fingerprint density at radius 2 is 2.17 bits per heavy atom. The molecule has 96 valence electrons. The Morgan fingerprint density at radius 3 is 2.72 bits per heavy atom. The lowest BCUT2D eigenvalue weighted by molar-refractivity contribution is -0.124. The molecule has 1 amide bonds. The van der Waals surface area contributed by atoms with Crippen molar-refractivity contribution in [2.45, 2.75) is 19.4 Å². The number of rotatable bonds is 4. The van der Waals surface area contributed by atoms with Crippen molar-refractivity contribution in [3.05, 3.63) is 34.3 Å². The molecule has 5 nitrogen and oxygen atoms in total. The number of nitrogens with zero attached hydrogens (tertiary/aromatic N) is 1. The van der Waals surface area contributed by atoms with E-state index in [1.54, 1.807) is 0 Å². The van der Waals surface area contributed by atoms with E-state index in [0.717, 1.165) is 10.0 Å². The summed E-state index contributed by atoms with van der Waals surface area (Å²) in [6.07, 6.45) is 1.26. The van der Waals surface area contributed by atoms with Crippen LogP contribution >= 0.6 is 15.9 Å². The molecule has 0 aromatic heterocycles. The molecule has 1 aromatic carbocycles. The summed E-state index contributed by atoms with van der Waals surface area (Å²) in [7, 11) is 0. The van der Waals surface area contributed by atoms with Gasteiger partial charge >= 0.3 is 0 Å². The van der Waals surface area contributed by atoms with E-state index in [2.05, 4.69) is 26.4 Å². The molecule has 0 aliphatic heterocycles. The van der Waals surface area contributed by atoms with Crippen molar-refractivity contribution in [2.24, 2.45) is 16.3 Å². The summed E-state index contributed by atoms with van der Waals surface area (Å²) in [6, 6.07) is 7.65. The molecule has 0 radical (unpaired) electrons. The Morgan fingerprint density at radius 1 is 1.50 bits per heavy atom. The summed E-state index contributed by atoms with van der Waals surface area (Å²) >= 11 is 3.42. The van der Waals surface area contributed by atoms with Crippen LogP contribution in [-0.4, -0.2) is 17.0 Å². The smallest absolute Gasteiger partial charge is 0.234 e. The largest absolute Gasteiger partial charge is 0.409 e. The number of halogens is 1. The summed E-state index contributed by atoms with van der Waals surface area (Å²) in [6.45, 7) is 0.417. The molecule has 0 bridgehead atoms. The third-order valence-electron chi connectivity index (χ3n) is 3.18. The first-order valence-corrected chi connectivity index (χ1v) is 6.39. The number of hydrogen-bond acceptors (Lipinski definition) is 3. The molecule has 1 aliphatic rings. The Balaban J connectivity index is 2.00. The number of nitrogens with one attached hydrogen (secondary N) is 1. The molecule has 1 saturated carbocycles. The first kappa shape index (κ1) is 12.9. The highest BCUT2D eigenvalue weighted by atomic mass is 79.9. The van der Waals surface area contributed by atoms with E-state index >= 15 is 0 Å². The van der Waals surface area contributed by atoms with E-state index in [4.69, 9.17) is 10.9 Å². The van der Waals surface area contributed by atoms with E-state index in [1.165, 1.54) is 0 Å². The molecule has 0 heterocycles. The van der Waals surface area contributed by atoms with E-state index in [1.807, 2.05) is 24.3 Å². The van der Waals surface area contributed by atoms with Crippen LogP contribution in [0.25, 0.3) is 0 Å². The number of benzene rings is 1. The van der Waals surface area contributed by atoms with E-state index in [0.29, 0.717) is 19.4 Å². The standard InChI is InChI=1S/C12H14BrN3O2/c13-9-4-2-1-3-8(9)7-15-11(17)12(5-6-12)10(14)16-18/h1-4,18H,5-7H2,(H2,14,16)(H,15,17). The summed E-state index contributed by atoms with van der Waals surface area (Å²) in [4.78, 5) is 12.0. The molecule has 4 N–H and O–H groups in total. The third kappa shape index (κ3) is 2.33. The van der Waals surface area contributed by atoms with Crippen molar-refractivity contribution in [1.29, 1.82) is 0 Å². The number of carbonyl (C=O) groups excluding carboxylic acids is 1. The van der Waals surface area contributed by atoms with Crippen LogP contribution in [0.4, 0.5) is 0 Å². The molecule has 0 spiro atoms. The SMILES string of the molecule is N/C(=N/O)C1(C(=O)NCc2ccccc2Br)CC1. The molecule has 1 aromatic rings. The Labute approximate surface area is 113 Å². The van der Waals surface area contributed by atoms with Gasteiger partial charge in [-0.1, -0.05) is 39.3 Å². The van der Waals surface area contributed by atoms with Gasteiger partial charge in [0.1, 0.15) is 5.41 Å². The molecular formula is C12H14BrN3O2. The summed E-state index contributed by atoms with van der Waals surface area (Å²) in [5.41, 5.74) is 5.73. The topological polar surface area (TPSA) is 87.7 Å². The van der Waals surface area contributed by atoms with Gasteiger partial charge in [0, 0.05) is 11.0 Å². The van der Waals surface area contributed by atoms with Gasteiger partial charge in [0.05, 0.1) is 0 Å². The maximum atomic E-state index is 12.0. The second-order valence-corrected chi connectivity index (χ2v) is 5.20. The summed E-state index contributed by atoms with van der Waals surface area (Å²) in [5, 5.41) is 14.4. The highest BCUT2D eigenvalue weighted by molar-refractivity contribution is 9.10. The Kier molecular flexibility index (Phi) is 3.56. The van der Waals surface area contributed by atoms with E-state index < -0.39 is 5.41 Å². The second-order valence-electron chi connectivity index (χ2n) is 4.34. The lowest BCUT2D eigenvalue weighted by atomic mass is 10.1. The molecule has 0 saturated heterocycles. The van der Waals surface area contributed by atoms with Crippen LogP contribution < -0.4 is 11.1 Å². The predicted octanol–water partition coefficient (Wildman–Crippen LogP) is 1.59. The van der Waals surface area contributed by atoms with Gasteiger partial charge < -0.3 is 16.3 Å². The number of amides is 1. The zero-order valence-electron chi connectivity index (χ0n) is 9.69. The van der Waals surface area contributed by atoms with Crippen LogP contribution in [0.2, 0.25) is 0 Å². The van der Waals surface area contributed by atoms with Crippen LogP contribution in [-0.2, 0) is 11.3 Å². The number of carbonyl (C=O) groups is 1. The lowest BCUT2D eigenvalue weighted by Gasteiger charge is -2.14. The fraction of sp³-hybridized carbons (Fsp3) is 0.333. The van der Waals surface area contributed by atoms with Crippen LogP contribution in [0.1, 0.15) is 18.4 Å². The monoisotopic (exact) mass is 311 g/mol. The minimum atomic E-state index is -0.796. The van der Waals surface area contributed by atoms with Gasteiger partial charge in [0.25, 0.3) is 0 Å². The molecule has 0 atom stereocenters. The molecule has 1 aliphatic carbocycles.